The lowest BCUT2D eigenvalue weighted by atomic mass is 10.0. The molecule has 1 unspecified atom stereocenters. The SMILES string of the molecule is CCN(C(=O)NCC(C)N(C)C1CC1)C(C)(C)C(=O)O. The van der Waals surface area contributed by atoms with Gasteiger partial charge < -0.3 is 15.3 Å². The van der Waals surface area contributed by atoms with E-state index in [1.165, 1.54) is 31.6 Å². The molecule has 1 saturated carbocycles. The average molecular weight is 285 g/mol. The Labute approximate surface area is 121 Å². The van der Waals surface area contributed by atoms with E-state index in [1.54, 1.807) is 6.92 Å². The fourth-order valence-electron chi connectivity index (χ4n) is 2.22. The second-order valence-corrected chi connectivity index (χ2v) is 6.04. The molecule has 1 atom stereocenters. The number of urea groups is 1. The molecule has 0 heterocycles. The summed E-state index contributed by atoms with van der Waals surface area (Å²) in [5.74, 6) is -1.00. The highest BCUT2D eigenvalue weighted by molar-refractivity contribution is 5.85. The topological polar surface area (TPSA) is 72.9 Å². The van der Waals surface area contributed by atoms with Crippen molar-refractivity contribution in [3.8, 4) is 0 Å². The molecular formula is C14H27N3O3. The summed E-state index contributed by atoms with van der Waals surface area (Å²) < 4.78 is 0. The van der Waals surface area contributed by atoms with Crippen molar-refractivity contribution in [2.75, 3.05) is 20.1 Å². The molecule has 0 bridgehead atoms. The van der Waals surface area contributed by atoms with Gasteiger partial charge in [0.25, 0.3) is 0 Å². The standard InChI is InChI=1S/C14H27N3O3/c1-6-17(14(3,4)12(18)19)13(20)15-9-10(2)16(5)11-7-8-11/h10-11H,6-9H2,1-5H3,(H,15,20)(H,18,19). The number of nitrogens with zero attached hydrogens (tertiary/aromatic N) is 2. The van der Waals surface area contributed by atoms with E-state index in [-0.39, 0.29) is 12.1 Å². The fraction of sp³-hybridized carbons (Fsp3) is 0.857. The van der Waals surface area contributed by atoms with Gasteiger partial charge >= 0.3 is 12.0 Å². The number of hydrogen-bond acceptors (Lipinski definition) is 3. The number of carboxylic acid groups (broad SMARTS) is 1. The van der Waals surface area contributed by atoms with Gasteiger partial charge in [-0.15, -0.1) is 0 Å². The molecule has 0 radical (unpaired) electrons. The first-order chi connectivity index (χ1) is 9.21. The van der Waals surface area contributed by atoms with E-state index in [0.717, 1.165) is 0 Å². The molecule has 1 aliphatic carbocycles. The van der Waals surface area contributed by atoms with Crippen molar-refractivity contribution < 1.29 is 14.7 Å². The van der Waals surface area contributed by atoms with E-state index in [4.69, 9.17) is 0 Å². The summed E-state index contributed by atoms with van der Waals surface area (Å²) in [6.07, 6.45) is 2.45. The monoisotopic (exact) mass is 285 g/mol. The minimum absolute atomic E-state index is 0.248. The zero-order valence-electron chi connectivity index (χ0n) is 13.1. The van der Waals surface area contributed by atoms with Gasteiger partial charge in [0.1, 0.15) is 5.54 Å². The van der Waals surface area contributed by atoms with Crippen molar-refractivity contribution in [1.82, 2.24) is 15.1 Å². The number of carboxylic acids is 1. The minimum atomic E-state index is -1.20. The fourth-order valence-corrected chi connectivity index (χ4v) is 2.22. The van der Waals surface area contributed by atoms with Gasteiger partial charge in [-0.05, 0) is 47.6 Å². The summed E-state index contributed by atoms with van der Waals surface area (Å²) in [5.41, 5.74) is -1.20. The van der Waals surface area contributed by atoms with Crippen molar-refractivity contribution in [1.29, 1.82) is 0 Å². The van der Waals surface area contributed by atoms with Crippen LogP contribution in [-0.2, 0) is 4.79 Å². The van der Waals surface area contributed by atoms with Crippen molar-refractivity contribution in [3.63, 3.8) is 0 Å². The zero-order chi connectivity index (χ0) is 15.5. The minimum Gasteiger partial charge on any atom is -0.480 e. The first-order valence-corrected chi connectivity index (χ1v) is 7.22. The van der Waals surface area contributed by atoms with E-state index >= 15 is 0 Å². The lowest BCUT2D eigenvalue weighted by molar-refractivity contribution is -0.147. The van der Waals surface area contributed by atoms with Crippen LogP contribution < -0.4 is 5.32 Å². The molecular weight excluding hydrogens is 258 g/mol. The smallest absolute Gasteiger partial charge is 0.329 e. The van der Waals surface area contributed by atoms with Crippen molar-refractivity contribution >= 4 is 12.0 Å². The Balaban J connectivity index is 2.53. The van der Waals surface area contributed by atoms with Gasteiger partial charge in [-0.1, -0.05) is 0 Å². The molecule has 1 fully saturated rings. The highest BCUT2D eigenvalue weighted by Gasteiger charge is 2.37. The molecule has 116 valence electrons. The number of rotatable bonds is 7. The van der Waals surface area contributed by atoms with E-state index in [9.17, 15) is 14.7 Å². The number of likely N-dealkylation sites (N-methyl/N-ethyl adjacent to an activating group) is 2. The molecule has 0 aromatic heterocycles. The number of carbonyl (C=O) groups is 2. The lowest BCUT2D eigenvalue weighted by Crippen LogP contribution is -2.57. The Morgan fingerprint density at radius 3 is 2.35 bits per heavy atom. The summed E-state index contributed by atoms with van der Waals surface area (Å²) in [5, 5.41) is 12.0. The van der Waals surface area contributed by atoms with Crippen molar-refractivity contribution in [3.05, 3.63) is 0 Å². The van der Waals surface area contributed by atoms with Crippen LogP contribution in [0.25, 0.3) is 0 Å². The Morgan fingerprint density at radius 1 is 1.40 bits per heavy atom. The molecule has 0 aromatic carbocycles. The summed E-state index contributed by atoms with van der Waals surface area (Å²) in [4.78, 5) is 27.0. The maximum Gasteiger partial charge on any atom is 0.329 e. The Kier molecular flexibility index (Phi) is 5.39. The molecule has 20 heavy (non-hydrogen) atoms. The molecule has 2 N–H and O–H groups in total. The molecule has 6 nitrogen and oxygen atoms in total. The Morgan fingerprint density at radius 2 is 1.95 bits per heavy atom. The predicted molar refractivity (Wildman–Crippen MR) is 77.7 cm³/mol. The summed E-state index contributed by atoms with van der Waals surface area (Å²) in [6, 6.07) is 0.564. The maximum absolute atomic E-state index is 12.2. The molecule has 0 saturated heterocycles. The second kappa shape index (κ2) is 6.43. The van der Waals surface area contributed by atoms with Crippen LogP contribution in [-0.4, -0.2) is 64.7 Å². The van der Waals surface area contributed by atoms with Gasteiger partial charge in [0.15, 0.2) is 0 Å². The van der Waals surface area contributed by atoms with Crippen LogP contribution in [0.15, 0.2) is 0 Å². The van der Waals surface area contributed by atoms with Gasteiger partial charge in [0, 0.05) is 25.2 Å². The number of carbonyl (C=O) groups excluding carboxylic acids is 1. The van der Waals surface area contributed by atoms with Gasteiger partial charge in [-0.3, -0.25) is 4.90 Å². The van der Waals surface area contributed by atoms with E-state index < -0.39 is 11.5 Å². The summed E-state index contributed by atoms with van der Waals surface area (Å²) >= 11 is 0. The van der Waals surface area contributed by atoms with Crippen LogP contribution in [0.5, 0.6) is 0 Å². The first-order valence-electron chi connectivity index (χ1n) is 7.22. The summed E-state index contributed by atoms with van der Waals surface area (Å²) in [6.45, 7) is 7.81. The Hall–Kier alpha value is -1.30. The molecule has 1 rings (SSSR count). The molecule has 0 aromatic rings. The highest BCUT2D eigenvalue weighted by atomic mass is 16.4. The lowest BCUT2D eigenvalue weighted by Gasteiger charge is -2.35. The van der Waals surface area contributed by atoms with Gasteiger partial charge in [-0.25, -0.2) is 9.59 Å². The zero-order valence-corrected chi connectivity index (χ0v) is 13.1. The number of amides is 2. The van der Waals surface area contributed by atoms with Crippen LogP contribution in [0.4, 0.5) is 4.79 Å². The number of nitrogens with one attached hydrogen (secondary N) is 1. The molecule has 2 amide bonds. The summed E-state index contributed by atoms with van der Waals surface area (Å²) in [7, 11) is 2.06. The third-order valence-electron chi connectivity index (χ3n) is 4.13. The third kappa shape index (κ3) is 3.85. The van der Waals surface area contributed by atoms with Crippen LogP contribution in [0, 0.1) is 0 Å². The van der Waals surface area contributed by atoms with Crippen LogP contribution in [0.1, 0.15) is 40.5 Å². The van der Waals surface area contributed by atoms with Crippen molar-refractivity contribution in [2.45, 2.75) is 58.2 Å². The number of hydrogen-bond donors (Lipinski definition) is 2. The Bertz CT molecular complexity index is 367. The van der Waals surface area contributed by atoms with Gasteiger partial charge in [-0.2, -0.15) is 0 Å². The van der Waals surface area contributed by atoms with Gasteiger partial charge in [0.2, 0.25) is 0 Å². The molecule has 0 aliphatic heterocycles. The highest BCUT2D eigenvalue weighted by Crippen LogP contribution is 2.26. The first kappa shape index (κ1) is 16.8. The normalized spacial score (nSPS) is 16.9. The predicted octanol–water partition coefficient (Wildman–Crippen LogP) is 1.36. The molecule has 1 aliphatic rings. The van der Waals surface area contributed by atoms with Crippen LogP contribution in [0.3, 0.4) is 0 Å². The average Bonchev–Trinajstić information content (AvgIpc) is 3.19. The molecule has 0 spiro atoms. The molecule has 6 heteroatoms. The maximum atomic E-state index is 12.2. The van der Waals surface area contributed by atoms with E-state index in [2.05, 4.69) is 24.2 Å². The quantitative estimate of drug-likeness (QED) is 0.741. The second-order valence-electron chi connectivity index (χ2n) is 6.04. The third-order valence-corrected chi connectivity index (χ3v) is 4.13. The van der Waals surface area contributed by atoms with E-state index in [0.29, 0.717) is 19.1 Å². The number of aliphatic carboxylic acids is 1. The van der Waals surface area contributed by atoms with Crippen LogP contribution >= 0.6 is 0 Å². The van der Waals surface area contributed by atoms with Crippen molar-refractivity contribution in [2.24, 2.45) is 0 Å². The van der Waals surface area contributed by atoms with E-state index in [1.807, 2.05) is 0 Å². The largest absolute Gasteiger partial charge is 0.480 e. The van der Waals surface area contributed by atoms with Crippen LogP contribution in [0.2, 0.25) is 0 Å². The van der Waals surface area contributed by atoms with Gasteiger partial charge in [0.05, 0.1) is 0 Å².